The topological polar surface area (TPSA) is 47.3 Å². The summed E-state index contributed by atoms with van der Waals surface area (Å²) in [7, 11) is 1.80. The predicted octanol–water partition coefficient (Wildman–Crippen LogP) is 2.67. The first-order valence-electron chi connectivity index (χ1n) is 6.43. The minimum Gasteiger partial charge on any atom is -0.378 e. The molecule has 0 aromatic heterocycles. The van der Waals surface area contributed by atoms with E-state index in [1.54, 1.807) is 7.11 Å². The summed E-state index contributed by atoms with van der Waals surface area (Å²) >= 11 is 5.99. The molecule has 0 amide bonds. The van der Waals surface area contributed by atoms with Gasteiger partial charge in [0.1, 0.15) is 0 Å². The first kappa shape index (κ1) is 13.8. The summed E-state index contributed by atoms with van der Waals surface area (Å²) in [6, 6.07) is 8.16. The molecule has 1 aliphatic rings. The normalized spacial score (nSPS) is 19.3. The Hall–Kier alpha value is -0.610. The number of ether oxygens (including phenoxy) is 1. The van der Waals surface area contributed by atoms with Gasteiger partial charge in [0.2, 0.25) is 0 Å². The number of nitrogens with one attached hydrogen (secondary N) is 1. The van der Waals surface area contributed by atoms with E-state index in [0.717, 1.165) is 30.7 Å². The van der Waals surface area contributed by atoms with E-state index in [0.29, 0.717) is 0 Å². The van der Waals surface area contributed by atoms with Gasteiger partial charge in [-0.15, -0.1) is 0 Å². The highest BCUT2D eigenvalue weighted by Crippen LogP contribution is 2.39. The van der Waals surface area contributed by atoms with Gasteiger partial charge < -0.3 is 4.74 Å². The molecule has 1 fully saturated rings. The van der Waals surface area contributed by atoms with Crippen molar-refractivity contribution >= 4 is 11.6 Å². The second-order valence-electron chi connectivity index (χ2n) is 5.14. The molecular formula is C14H21ClN2O. The van der Waals surface area contributed by atoms with Gasteiger partial charge in [0, 0.05) is 18.2 Å². The zero-order valence-electron chi connectivity index (χ0n) is 10.8. The lowest BCUT2D eigenvalue weighted by Gasteiger charge is -2.42. The fourth-order valence-corrected chi connectivity index (χ4v) is 2.86. The minimum atomic E-state index is 0.0373. The van der Waals surface area contributed by atoms with E-state index in [2.05, 4.69) is 11.5 Å². The smallest absolute Gasteiger partial charge is 0.0694 e. The van der Waals surface area contributed by atoms with E-state index in [1.807, 2.05) is 18.2 Å². The molecule has 0 aliphatic heterocycles. The van der Waals surface area contributed by atoms with Crippen LogP contribution in [0.25, 0.3) is 0 Å². The van der Waals surface area contributed by atoms with Crippen molar-refractivity contribution in [3.8, 4) is 0 Å². The number of hydrogen-bond acceptors (Lipinski definition) is 3. The van der Waals surface area contributed by atoms with E-state index in [4.69, 9.17) is 22.2 Å². The molecule has 0 bridgehead atoms. The molecule has 1 atom stereocenters. The lowest BCUT2D eigenvalue weighted by Crippen LogP contribution is -2.48. The molecule has 1 unspecified atom stereocenters. The van der Waals surface area contributed by atoms with E-state index in [9.17, 15) is 0 Å². The van der Waals surface area contributed by atoms with Gasteiger partial charge in [0.15, 0.2) is 0 Å². The van der Waals surface area contributed by atoms with Crippen molar-refractivity contribution in [1.82, 2.24) is 5.43 Å². The zero-order chi connectivity index (χ0) is 13.0. The Morgan fingerprint density at radius 1 is 1.50 bits per heavy atom. The number of benzene rings is 1. The van der Waals surface area contributed by atoms with Crippen LogP contribution in [0.4, 0.5) is 0 Å². The number of methoxy groups -OCH3 is 1. The largest absolute Gasteiger partial charge is 0.378 e. The highest BCUT2D eigenvalue weighted by atomic mass is 35.5. The molecule has 3 nitrogen and oxygen atoms in total. The standard InChI is InChI=1S/C14H21ClN2O/c1-18-14(6-3-7-14)10-13(17-16)9-11-4-2-5-12(15)8-11/h2,4-5,8,13,17H,3,6-7,9-10,16H2,1H3. The van der Waals surface area contributed by atoms with Gasteiger partial charge in [0.25, 0.3) is 0 Å². The summed E-state index contributed by atoms with van der Waals surface area (Å²) in [5.41, 5.74) is 4.15. The number of rotatable bonds is 6. The van der Waals surface area contributed by atoms with Crippen molar-refractivity contribution in [3.63, 3.8) is 0 Å². The van der Waals surface area contributed by atoms with Crippen molar-refractivity contribution in [2.75, 3.05) is 7.11 Å². The molecule has 2 rings (SSSR count). The minimum absolute atomic E-state index is 0.0373. The first-order chi connectivity index (χ1) is 8.67. The second-order valence-corrected chi connectivity index (χ2v) is 5.58. The van der Waals surface area contributed by atoms with Crippen molar-refractivity contribution in [1.29, 1.82) is 0 Å². The van der Waals surface area contributed by atoms with E-state index >= 15 is 0 Å². The Kier molecular flexibility index (Phi) is 4.62. The molecule has 0 radical (unpaired) electrons. The third-order valence-electron chi connectivity index (χ3n) is 3.92. The van der Waals surface area contributed by atoms with Crippen LogP contribution < -0.4 is 11.3 Å². The fraction of sp³-hybridized carbons (Fsp3) is 0.571. The van der Waals surface area contributed by atoms with Crippen LogP contribution in [-0.4, -0.2) is 18.8 Å². The molecule has 18 heavy (non-hydrogen) atoms. The van der Waals surface area contributed by atoms with Crippen LogP contribution in [0.15, 0.2) is 24.3 Å². The van der Waals surface area contributed by atoms with Gasteiger partial charge in [-0.1, -0.05) is 23.7 Å². The zero-order valence-corrected chi connectivity index (χ0v) is 11.5. The molecule has 3 N–H and O–H groups in total. The SMILES string of the molecule is COC1(CC(Cc2cccc(Cl)c2)NN)CCC1. The number of nitrogens with two attached hydrogens (primary N) is 1. The predicted molar refractivity (Wildman–Crippen MR) is 74.5 cm³/mol. The Morgan fingerprint density at radius 3 is 2.78 bits per heavy atom. The summed E-state index contributed by atoms with van der Waals surface area (Å²) < 4.78 is 5.65. The van der Waals surface area contributed by atoms with Crippen molar-refractivity contribution < 1.29 is 4.74 Å². The molecule has 0 heterocycles. The molecular weight excluding hydrogens is 248 g/mol. The van der Waals surface area contributed by atoms with E-state index in [1.165, 1.54) is 12.0 Å². The summed E-state index contributed by atoms with van der Waals surface area (Å²) in [5, 5.41) is 0.772. The molecule has 1 aliphatic carbocycles. The molecule has 0 spiro atoms. The Bertz CT molecular complexity index is 388. The maximum atomic E-state index is 5.99. The third-order valence-corrected chi connectivity index (χ3v) is 4.16. The Labute approximate surface area is 114 Å². The molecule has 100 valence electrons. The van der Waals surface area contributed by atoms with Gasteiger partial charge in [-0.2, -0.15) is 0 Å². The monoisotopic (exact) mass is 268 g/mol. The second kappa shape index (κ2) is 6.02. The molecule has 4 heteroatoms. The van der Waals surface area contributed by atoms with Crippen LogP contribution in [0, 0.1) is 0 Å². The highest BCUT2D eigenvalue weighted by molar-refractivity contribution is 6.30. The number of halogens is 1. The van der Waals surface area contributed by atoms with Crippen molar-refractivity contribution in [3.05, 3.63) is 34.9 Å². The summed E-state index contributed by atoms with van der Waals surface area (Å²) in [5.74, 6) is 5.66. The van der Waals surface area contributed by atoms with Gasteiger partial charge in [-0.05, 0) is 49.8 Å². The van der Waals surface area contributed by atoms with Gasteiger partial charge in [-0.25, -0.2) is 0 Å². The van der Waals surface area contributed by atoms with Crippen LogP contribution in [0.1, 0.15) is 31.2 Å². The maximum absolute atomic E-state index is 5.99. The maximum Gasteiger partial charge on any atom is 0.0694 e. The van der Waals surface area contributed by atoms with Crippen molar-refractivity contribution in [2.45, 2.75) is 43.7 Å². The summed E-state index contributed by atoms with van der Waals surface area (Å²) in [6.45, 7) is 0. The highest BCUT2D eigenvalue weighted by Gasteiger charge is 2.38. The van der Waals surface area contributed by atoms with Crippen LogP contribution >= 0.6 is 11.6 Å². The van der Waals surface area contributed by atoms with Crippen molar-refractivity contribution in [2.24, 2.45) is 5.84 Å². The van der Waals surface area contributed by atoms with Crippen LogP contribution in [0.5, 0.6) is 0 Å². The fourth-order valence-electron chi connectivity index (χ4n) is 2.65. The van der Waals surface area contributed by atoms with Gasteiger partial charge in [0.05, 0.1) is 5.60 Å². The van der Waals surface area contributed by atoms with Gasteiger partial charge >= 0.3 is 0 Å². The van der Waals surface area contributed by atoms with E-state index in [-0.39, 0.29) is 11.6 Å². The molecule has 1 aromatic carbocycles. The number of hydrazine groups is 1. The summed E-state index contributed by atoms with van der Waals surface area (Å²) in [4.78, 5) is 0. The first-order valence-corrected chi connectivity index (χ1v) is 6.81. The lowest BCUT2D eigenvalue weighted by molar-refractivity contribution is -0.0834. The average Bonchev–Trinajstić information content (AvgIpc) is 2.32. The van der Waals surface area contributed by atoms with Crippen LogP contribution in [0.2, 0.25) is 5.02 Å². The Balaban J connectivity index is 1.97. The molecule has 1 aromatic rings. The third kappa shape index (κ3) is 3.23. The van der Waals surface area contributed by atoms with E-state index < -0.39 is 0 Å². The number of hydrogen-bond donors (Lipinski definition) is 2. The Morgan fingerprint density at radius 2 is 2.28 bits per heavy atom. The van der Waals surface area contributed by atoms with Gasteiger partial charge in [-0.3, -0.25) is 11.3 Å². The quantitative estimate of drug-likeness (QED) is 0.616. The lowest BCUT2D eigenvalue weighted by atomic mass is 9.75. The molecule has 1 saturated carbocycles. The van der Waals surface area contributed by atoms with Crippen LogP contribution in [-0.2, 0) is 11.2 Å². The van der Waals surface area contributed by atoms with Crippen LogP contribution in [0.3, 0.4) is 0 Å². The summed E-state index contributed by atoms with van der Waals surface area (Å²) in [6.07, 6.45) is 5.35. The average molecular weight is 269 g/mol. The molecule has 0 saturated heterocycles.